The molecule has 3 aromatic rings. The van der Waals surface area contributed by atoms with Gasteiger partial charge >= 0.3 is 0 Å². The molecule has 3 aromatic carbocycles. The van der Waals surface area contributed by atoms with Gasteiger partial charge in [-0.05, 0) is 35.7 Å². The molecule has 1 N–H and O–H groups in total. The Morgan fingerprint density at radius 1 is 0.909 bits per heavy atom. The Labute approximate surface area is 130 Å². The highest BCUT2D eigenvalue weighted by atomic mass is 16.1. The molecule has 0 aliphatic heterocycles. The van der Waals surface area contributed by atoms with Gasteiger partial charge in [-0.3, -0.25) is 4.79 Å². The topological polar surface area (TPSA) is 29.1 Å². The van der Waals surface area contributed by atoms with Crippen LogP contribution in [0.4, 0.5) is 0 Å². The van der Waals surface area contributed by atoms with Crippen LogP contribution in [0.5, 0.6) is 0 Å². The number of rotatable bonds is 4. The molecule has 0 spiro atoms. The minimum Gasteiger partial charge on any atom is -0.349 e. The summed E-state index contributed by atoms with van der Waals surface area (Å²) >= 11 is 0. The third kappa shape index (κ3) is 3.17. The molecule has 0 heterocycles. The predicted molar refractivity (Wildman–Crippen MR) is 91.0 cm³/mol. The molecule has 0 radical (unpaired) electrons. The SMILES string of the molecule is CC(Cc1ccccc1)NC(=O)c1cccc2ccccc12. The Hall–Kier alpha value is -2.61. The van der Waals surface area contributed by atoms with Gasteiger partial charge in [0, 0.05) is 11.6 Å². The maximum Gasteiger partial charge on any atom is 0.252 e. The molecular formula is C20H19NO. The zero-order chi connectivity index (χ0) is 15.4. The van der Waals surface area contributed by atoms with Gasteiger partial charge in [0.2, 0.25) is 0 Å². The van der Waals surface area contributed by atoms with Crippen molar-refractivity contribution in [1.29, 1.82) is 0 Å². The molecule has 1 atom stereocenters. The van der Waals surface area contributed by atoms with Gasteiger partial charge in [0.25, 0.3) is 5.91 Å². The van der Waals surface area contributed by atoms with Gasteiger partial charge in [0.05, 0.1) is 0 Å². The third-order valence-electron chi connectivity index (χ3n) is 3.80. The molecular weight excluding hydrogens is 270 g/mol. The lowest BCUT2D eigenvalue weighted by molar-refractivity contribution is 0.0942. The zero-order valence-electron chi connectivity index (χ0n) is 12.6. The van der Waals surface area contributed by atoms with Crippen molar-refractivity contribution in [3.8, 4) is 0 Å². The molecule has 2 nitrogen and oxygen atoms in total. The molecule has 0 fully saturated rings. The Kier molecular flexibility index (Phi) is 4.19. The van der Waals surface area contributed by atoms with Gasteiger partial charge < -0.3 is 5.32 Å². The lowest BCUT2D eigenvalue weighted by Crippen LogP contribution is -2.34. The first-order chi connectivity index (χ1) is 10.7. The van der Waals surface area contributed by atoms with Crippen molar-refractivity contribution in [3.05, 3.63) is 83.9 Å². The number of nitrogens with one attached hydrogen (secondary N) is 1. The van der Waals surface area contributed by atoms with Gasteiger partial charge in [-0.2, -0.15) is 0 Å². The smallest absolute Gasteiger partial charge is 0.252 e. The number of amides is 1. The molecule has 0 aliphatic rings. The zero-order valence-corrected chi connectivity index (χ0v) is 12.6. The van der Waals surface area contributed by atoms with E-state index in [1.54, 1.807) is 0 Å². The summed E-state index contributed by atoms with van der Waals surface area (Å²) in [6.45, 7) is 2.04. The normalized spacial score (nSPS) is 12.0. The van der Waals surface area contributed by atoms with E-state index in [1.807, 2.05) is 67.6 Å². The van der Waals surface area contributed by atoms with E-state index in [9.17, 15) is 4.79 Å². The molecule has 1 unspecified atom stereocenters. The summed E-state index contributed by atoms with van der Waals surface area (Å²) < 4.78 is 0. The summed E-state index contributed by atoms with van der Waals surface area (Å²) in [6.07, 6.45) is 0.831. The van der Waals surface area contributed by atoms with Crippen molar-refractivity contribution in [3.63, 3.8) is 0 Å². The molecule has 0 aromatic heterocycles. The fourth-order valence-electron chi connectivity index (χ4n) is 2.74. The second kappa shape index (κ2) is 6.44. The van der Waals surface area contributed by atoms with E-state index in [4.69, 9.17) is 0 Å². The largest absolute Gasteiger partial charge is 0.349 e. The van der Waals surface area contributed by atoms with Crippen LogP contribution in [-0.2, 0) is 6.42 Å². The lowest BCUT2D eigenvalue weighted by atomic mass is 10.0. The van der Waals surface area contributed by atoms with Gasteiger partial charge in [-0.15, -0.1) is 0 Å². The number of hydrogen-bond acceptors (Lipinski definition) is 1. The van der Waals surface area contributed by atoms with Crippen molar-refractivity contribution in [2.75, 3.05) is 0 Å². The molecule has 3 rings (SSSR count). The molecule has 0 bridgehead atoms. The highest BCUT2D eigenvalue weighted by Crippen LogP contribution is 2.18. The maximum atomic E-state index is 12.5. The van der Waals surface area contributed by atoms with Crippen LogP contribution in [0.3, 0.4) is 0 Å². The Morgan fingerprint density at radius 3 is 2.41 bits per heavy atom. The number of carbonyl (C=O) groups is 1. The Balaban J connectivity index is 1.76. The molecule has 0 aliphatic carbocycles. The van der Waals surface area contributed by atoms with E-state index in [0.29, 0.717) is 0 Å². The molecule has 2 heteroatoms. The molecule has 22 heavy (non-hydrogen) atoms. The summed E-state index contributed by atoms with van der Waals surface area (Å²) in [4.78, 5) is 12.5. The van der Waals surface area contributed by atoms with Gasteiger partial charge in [0.1, 0.15) is 0 Å². The average molecular weight is 289 g/mol. The van der Waals surface area contributed by atoms with Crippen molar-refractivity contribution in [1.82, 2.24) is 5.32 Å². The highest BCUT2D eigenvalue weighted by molar-refractivity contribution is 6.07. The van der Waals surface area contributed by atoms with Crippen LogP contribution < -0.4 is 5.32 Å². The van der Waals surface area contributed by atoms with Gasteiger partial charge in [0.15, 0.2) is 0 Å². The van der Waals surface area contributed by atoms with Crippen LogP contribution in [0.2, 0.25) is 0 Å². The predicted octanol–water partition coefficient (Wildman–Crippen LogP) is 4.20. The van der Waals surface area contributed by atoms with Gasteiger partial charge in [-0.25, -0.2) is 0 Å². The Bertz CT molecular complexity index is 775. The second-order valence-electron chi connectivity index (χ2n) is 5.59. The summed E-state index contributed by atoms with van der Waals surface area (Å²) in [5.41, 5.74) is 1.96. The van der Waals surface area contributed by atoms with Crippen LogP contribution >= 0.6 is 0 Å². The van der Waals surface area contributed by atoms with E-state index >= 15 is 0 Å². The molecule has 1 amide bonds. The van der Waals surface area contributed by atoms with E-state index in [-0.39, 0.29) is 11.9 Å². The second-order valence-corrected chi connectivity index (χ2v) is 5.59. The van der Waals surface area contributed by atoms with E-state index in [2.05, 4.69) is 17.4 Å². The van der Waals surface area contributed by atoms with E-state index in [1.165, 1.54) is 5.56 Å². The van der Waals surface area contributed by atoms with Crippen molar-refractivity contribution >= 4 is 16.7 Å². The van der Waals surface area contributed by atoms with Crippen molar-refractivity contribution in [2.24, 2.45) is 0 Å². The van der Waals surface area contributed by atoms with E-state index in [0.717, 1.165) is 22.8 Å². The standard InChI is InChI=1S/C20H19NO/c1-15(14-16-8-3-2-4-9-16)21-20(22)19-13-7-11-17-10-5-6-12-18(17)19/h2-13,15H,14H2,1H3,(H,21,22). The number of hydrogen-bond donors (Lipinski definition) is 1. The monoisotopic (exact) mass is 289 g/mol. The highest BCUT2D eigenvalue weighted by Gasteiger charge is 2.12. The minimum atomic E-state index is -0.0137. The first-order valence-electron chi connectivity index (χ1n) is 7.56. The maximum absolute atomic E-state index is 12.5. The first kappa shape index (κ1) is 14.3. The summed E-state index contributed by atoms with van der Waals surface area (Å²) in [5, 5.41) is 5.18. The third-order valence-corrected chi connectivity index (χ3v) is 3.80. The molecule has 0 saturated carbocycles. The summed E-state index contributed by atoms with van der Waals surface area (Å²) in [7, 11) is 0. The van der Waals surface area contributed by atoms with E-state index < -0.39 is 0 Å². The molecule has 110 valence electrons. The number of fused-ring (bicyclic) bond motifs is 1. The lowest BCUT2D eigenvalue weighted by Gasteiger charge is -2.15. The number of benzene rings is 3. The van der Waals surface area contributed by atoms with Crippen LogP contribution in [0.1, 0.15) is 22.8 Å². The fraction of sp³-hybridized carbons (Fsp3) is 0.150. The fourth-order valence-corrected chi connectivity index (χ4v) is 2.74. The Morgan fingerprint density at radius 2 is 1.59 bits per heavy atom. The van der Waals surface area contributed by atoms with Crippen molar-refractivity contribution in [2.45, 2.75) is 19.4 Å². The first-order valence-corrected chi connectivity index (χ1v) is 7.56. The number of carbonyl (C=O) groups excluding carboxylic acids is 1. The van der Waals surface area contributed by atoms with Crippen molar-refractivity contribution < 1.29 is 4.79 Å². The van der Waals surface area contributed by atoms with Crippen LogP contribution in [0.25, 0.3) is 10.8 Å². The quantitative estimate of drug-likeness (QED) is 0.766. The van der Waals surface area contributed by atoms with Crippen LogP contribution in [0.15, 0.2) is 72.8 Å². The average Bonchev–Trinajstić information content (AvgIpc) is 2.55. The summed E-state index contributed by atoms with van der Waals surface area (Å²) in [6, 6.07) is 24.1. The minimum absolute atomic E-state index is 0.0137. The van der Waals surface area contributed by atoms with Gasteiger partial charge in [-0.1, -0.05) is 66.7 Å². The molecule has 0 saturated heterocycles. The summed E-state index contributed by atoms with van der Waals surface area (Å²) in [5.74, 6) is -0.0137. The van der Waals surface area contributed by atoms with Crippen LogP contribution in [-0.4, -0.2) is 11.9 Å². The van der Waals surface area contributed by atoms with Crippen LogP contribution in [0, 0.1) is 0 Å².